The SMILES string of the molecule is Cc1ccc(CNC(=O)C2CC(=O)N(c3ccccc3Cl)C2)c(C)c1. The first-order chi connectivity index (χ1) is 12.0. The van der Waals surface area contributed by atoms with E-state index in [1.807, 2.05) is 38.1 Å². The molecule has 0 aliphatic carbocycles. The lowest BCUT2D eigenvalue weighted by Gasteiger charge is -2.18. The number of carbonyl (C=O) groups excluding carboxylic acids is 2. The topological polar surface area (TPSA) is 49.4 Å². The Kier molecular flexibility index (Phi) is 5.09. The number of nitrogens with one attached hydrogen (secondary N) is 1. The van der Waals surface area contributed by atoms with Crippen molar-refractivity contribution in [3.63, 3.8) is 0 Å². The van der Waals surface area contributed by atoms with Crippen LogP contribution in [-0.4, -0.2) is 18.4 Å². The highest BCUT2D eigenvalue weighted by Crippen LogP contribution is 2.31. The molecule has 1 fully saturated rings. The molecule has 2 aromatic carbocycles. The third-order valence-corrected chi connectivity index (χ3v) is 4.91. The predicted octanol–water partition coefficient (Wildman–Crippen LogP) is 3.63. The normalized spacial score (nSPS) is 17.0. The van der Waals surface area contributed by atoms with Gasteiger partial charge in [-0.25, -0.2) is 0 Å². The zero-order valence-corrected chi connectivity index (χ0v) is 15.1. The van der Waals surface area contributed by atoms with Crippen molar-refractivity contribution in [2.75, 3.05) is 11.4 Å². The molecule has 3 rings (SSSR count). The van der Waals surface area contributed by atoms with Gasteiger partial charge in [0.05, 0.1) is 16.6 Å². The monoisotopic (exact) mass is 356 g/mol. The van der Waals surface area contributed by atoms with Crippen molar-refractivity contribution in [3.05, 3.63) is 64.2 Å². The van der Waals surface area contributed by atoms with E-state index in [9.17, 15) is 9.59 Å². The van der Waals surface area contributed by atoms with Gasteiger partial charge in [-0.15, -0.1) is 0 Å². The van der Waals surface area contributed by atoms with Crippen LogP contribution >= 0.6 is 11.6 Å². The largest absolute Gasteiger partial charge is 0.352 e. The molecule has 1 N–H and O–H groups in total. The smallest absolute Gasteiger partial charge is 0.227 e. The van der Waals surface area contributed by atoms with E-state index in [0.29, 0.717) is 23.8 Å². The molecule has 1 heterocycles. The highest BCUT2D eigenvalue weighted by atomic mass is 35.5. The molecule has 0 saturated carbocycles. The molecule has 25 heavy (non-hydrogen) atoms. The van der Waals surface area contributed by atoms with E-state index in [1.54, 1.807) is 17.0 Å². The average molecular weight is 357 g/mol. The molecule has 1 atom stereocenters. The fraction of sp³-hybridized carbons (Fsp3) is 0.300. The van der Waals surface area contributed by atoms with E-state index < -0.39 is 0 Å². The minimum absolute atomic E-state index is 0.0697. The number of halogens is 1. The molecule has 1 unspecified atom stereocenters. The second kappa shape index (κ2) is 7.28. The lowest BCUT2D eigenvalue weighted by Crippen LogP contribution is -2.32. The third kappa shape index (κ3) is 3.85. The Bertz CT molecular complexity index is 819. The Morgan fingerprint density at radius 2 is 2.00 bits per heavy atom. The summed E-state index contributed by atoms with van der Waals surface area (Å²) in [5, 5.41) is 3.48. The summed E-state index contributed by atoms with van der Waals surface area (Å²) in [5.74, 6) is -0.517. The van der Waals surface area contributed by atoms with Gasteiger partial charge in [-0.05, 0) is 37.1 Å². The Balaban J connectivity index is 1.64. The van der Waals surface area contributed by atoms with Gasteiger partial charge in [-0.3, -0.25) is 9.59 Å². The lowest BCUT2D eigenvalue weighted by molar-refractivity contribution is -0.126. The van der Waals surface area contributed by atoms with Crippen LogP contribution in [0.5, 0.6) is 0 Å². The van der Waals surface area contributed by atoms with Crippen LogP contribution in [0.15, 0.2) is 42.5 Å². The van der Waals surface area contributed by atoms with Crippen molar-refractivity contribution in [1.82, 2.24) is 5.32 Å². The summed E-state index contributed by atoms with van der Waals surface area (Å²) < 4.78 is 0. The molecule has 0 aromatic heterocycles. The molecule has 130 valence electrons. The number of benzene rings is 2. The van der Waals surface area contributed by atoms with E-state index in [-0.39, 0.29) is 24.2 Å². The van der Waals surface area contributed by atoms with Gasteiger partial charge in [-0.1, -0.05) is 47.5 Å². The Morgan fingerprint density at radius 3 is 2.72 bits per heavy atom. The van der Waals surface area contributed by atoms with Crippen LogP contribution in [0, 0.1) is 19.8 Å². The van der Waals surface area contributed by atoms with Crippen molar-refractivity contribution in [2.24, 2.45) is 5.92 Å². The highest BCUT2D eigenvalue weighted by molar-refractivity contribution is 6.33. The molecule has 4 nitrogen and oxygen atoms in total. The molecule has 1 aliphatic rings. The number of hydrogen-bond donors (Lipinski definition) is 1. The molecule has 0 radical (unpaired) electrons. The summed E-state index contributed by atoms with van der Waals surface area (Å²) in [5.41, 5.74) is 4.11. The molecule has 0 bridgehead atoms. The molecule has 1 saturated heterocycles. The summed E-state index contributed by atoms with van der Waals surface area (Å²) in [6, 6.07) is 13.4. The summed E-state index contributed by atoms with van der Waals surface area (Å²) in [4.78, 5) is 26.4. The van der Waals surface area contributed by atoms with Gasteiger partial charge in [0.1, 0.15) is 0 Å². The predicted molar refractivity (Wildman–Crippen MR) is 99.7 cm³/mol. The molecular formula is C20H21ClN2O2. The highest BCUT2D eigenvalue weighted by Gasteiger charge is 2.35. The van der Waals surface area contributed by atoms with Gasteiger partial charge in [-0.2, -0.15) is 0 Å². The van der Waals surface area contributed by atoms with Gasteiger partial charge in [0, 0.05) is 19.5 Å². The van der Waals surface area contributed by atoms with E-state index in [4.69, 9.17) is 11.6 Å². The van der Waals surface area contributed by atoms with Crippen LogP contribution in [0.1, 0.15) is 23.1 Å². The third-order valence-electron chi connectivity index (χ3n) is 4.59. The zero-order chi connectivity index (χ0) is 18.0. The van der Waals surface area contributed by atoms with E-state index in [0.717, 1.165) is 11.1 Å². The fourth-order valence-electron chi connectivity index (χ4n) is 3.16. The van der Waals surface area contributed by atoms with Crippen molar-refractivity contribution in [3.8, 4) is 0 Å². The summed E-state index contributed by atoms with van der Waals surface area (Å²) in [7, 11) is 0. The summed E-state index contributed by atoms with van der Waals surface area (Å²) in [6.07, 6.45) is 0.212. The fourth-order valence-corrected chi connectivity index (χ4v) is 3.40. The van der Waals surface area contributed by atoms with E-state index in [2.05, 4.69) is 11.4 Å². The van der Waals surface area contributed by atoms with Crippen molar-refractivity contribution >= 4 is 29.1 Å². The number of rotatable bonds is 4. The zero-order valence-electron chi connectivity index (χ0n) is 14.4. The van der Waals surface area contributed by atoms with Crippen molar-refractivity contribution < 1.29 is 9.59 Å². The first-order valence-electron chi connectivity index (χ1n) is 8.34. The number of hydrogen-bond acceptors (Lipinski definition) is 2. The van der Waals surface area contributed by atoms with Gasteiger partial charge in [0.25, 0.3) is 0 Å². The van der Waals surface area contributed by atoms with Crippen LogP contribution in [0.25, 0.3) is 0 Å². The quantitative estimate of drug-likeness (QED) is 0.909. The number of anilines is 1. The number of amides is 2. The summed E-state index contributed by atoms with van der Waals surface area (Å²) >= 11 is 6.17. The molecule has 2 amide bonds. The maximum atomic E-state index is 12.5. The number of para-hydroxylation sites is 1. The second-order valence-electron chi connectivity index (χ2n) is 6.50. The number of carbonyl (C=O) groups is 2. The maximum Gasteiger partial charge on any atom is 0.227 e. The molecule has 1 aliphatic heterocycles. The van der Waals surface area contributed by atoms with Crippen LogP contribution in [-0.2, 0) is 16.1 Å². The van der Waals surface area contributed by atoms with Crippen LogP contribution in [0.2, 0.25) is 5.02 Å². The molecule has 5 heteroatoms. The van der Waals surface area contributed by atoms with Crippen LogP contribution in [0.3, 0.4) is 0 Å². The first-order valence-corrected chi connectivity index (χ1v) is 8.72. The molecule has 0 spiro atoms. The van der Waals surface area contributed by atoms with Crippen LogP contribution < -0.4 is 10.2 Å². The summed E-state index contributed by atoms with van der Waals surface area (Å²) in [6.45, 7) is 4.92. The Labute approximate surface area is 152 Å². The lowest BCUT2D eigenvalue weighted by atomic mass is 10.0. The number of nitrogens with zero attached hydrogens (tertiary/aromatic N) is 1. The van der Waals surface area contributed by atoms with E-state index >= 15 is 0 Å². The second-order valence-corrected chi connectivity index (χ2v) is 6.91. The van der Waals surface area contributed by atoms with Gasteiger partial charge in [0.2, 0.25) is 11.8 Å². The maximum absolute atomic E-state index is 12.5. The average Bonchev–Trinajstić information content (AvgIpc) is 2.96. The minimum Gasteiger partial charge on any atom is -0.352 e. The van der Waals surface area contributed by atoms with Gasteiger partial charge >= 0.3 is 0 Å². The van der Waals surface area contributed by atoms with Gasteiger partial charge < -0.3 is 10.2 Å². The Hall–Kier alpha value is -2.33. The molecule has 2 aromatic rings. The van der Waals surface area contributed by atoms with E-state index in [1.165, 1.54) is 5.56 Å². The van der Waals surface area contributed by atoms with Crippen molar-refractivity contribution in [2.45, 2.75) is 26.8 Å². The first kappa shape index (κ1) is 17.5. The standard InChI is InChI=1S/C20H21ClN2O2/c1-13-7-8-15(14(2)9-13)11-22-20(25)16-10-19(24)23(12-16)18-6-4-3-5-17(18)21/h3-9,16H,10-12H2,1-2H3,(H,22,25). The minimum atomic E-state index is -0.352. The molecular weight excluding hydrogens is 336 g/mol. The van der Waals surface area contributed by atoms with Crippen molar-refractivity contribution in [1.29, 1.82) is 0 Å². The Morgan fingerprint density at radius 1 is 1.24 bits per heavy atom. The van der Waals surface area contributed by atoms with Gasteiger partial charge in [0.15, 0.2) is 0 Å². The van der Waals surface area contributed by atoms with Crippen LogP contribution in [0.4, 0.5) is 5.69 Å². The number of aryl methyl sites for hydroxylation is 2.